The largest absolute Gasteiger partial charge is 0.426 e. The Morgan fingerprint density at radius 1 is 0.543 bits per heavy atom. The van der Waals surface area contributed by atoms with Crippen molar-refractivity contribution in [1.29, 1.82) is 0 Å². The van der Waals surface area contributed by atoms with Gasteiger partial charge in [0, 0.05) is 0 Å². The van der Waals surface area contributed by atoms with Crippen LogP contribution < -0.4 is 9.47 Å². The molecule has 0 fully saturated rings. The summed E-state index contributed by atoms with van der Waals surface area (Å²) >= 11 is 0. The second-order valence-electron chi connectivity index (χ2n) is 9.41. The molecule has 0 saturated heterocycles. The third-order valence-electron chi connectivity index (χ3n) is 6.34. The Bertz CT molecular complexity index is 750. The van der Waals surface area contributed by atoms with Gasteiger partial charge in [0.05, 0.1) is 0 Å². The fourth-order valence-electron chi connectivity index (χ4n) is 4.23. The van der Waals surface area contributed by atoms with Gasteiger partial charge in [-0.25, -0.2) is 0 Å². The smallest absolute Gasteiger partial charge is 0.325 e. The van der Waals surface area contributed by atoms with Crippen LogP contribution in [-0.4, -0.2) is 11.9 Å². The van der Waals surface area contributed by atoms with Gasteiger partial charge in [-0.2, -0.15) is 0 Å². The highest BCUT2D eigenvalue weighted by Gasteiger charge is 2.30. The predicted molar refractivity (Wildman–Crippen MR) is 143 cm³/mol. The van der Waals surface area contributed by atoms with Crippen LogP contribution in [0.3, 0.4) is 0 Å². The summed E-state index contributed by atoms with van der Waals surface area (Å²) in [4.78, 5) is 25.6. The molecule has 0 atom stereocenters. The van der Waals surface area contributed by atoms with Crippen molar-refractivity contribution in [3.8, 4) is 11.5 Å². The molecule has 0 radical (unpaired) electrons. The molecule has 4 nitrogen and oxygen atoms in total. The summed E-state index contributed by atoms with van der Waals surface area (Å²) in [6, 6.07) is 17.8. The Hall–Kier alpha value is -2.62. The van der Waals surface area contributed by atoms with Crippen LogP contribution in [0.15, 0.2) is 60.7 Å². The Labute approximate surface area is 212 Å². The Morgan fingerprint density at radius 3 is 1.26 bits per heavy atom. The topological polar surface area (TPSA) is 52.6 Å². The second-order valence-corrected chi connectivity index (χ2v) is 9.41. The van der Waals surface area contributed by atoms with Crippen molar-refractivity contribution in [2.24, 2.45) is 5.92 Å². The first-order chi connectivity index (χ1) is 17.2. The molecule has 4 heteroatoms. The molecule has 0 amide bonds. The zero-order valence-electron chi connectivity index (χ0n) is 21.6. The summed E-state index contributed by atoms with van der Waals surface area (Å²) in [6.07, 6.45) is 18.1. The van der Waals surface area contributed by atoms with E-state index in [1.165, 1.54) is 70.6 Å². The molecule has 0 aromatic heterocycles. The van der Waals surface area contributed by atoms with Crippen molar-refractivity contribution < 1.29 is 19.1 Å². The van der Waals surface area contributed by atoms with Crippen molar-refractivity contribution in [1.82, 2.24) is 0 Å². The molecule has 0 saturated carbocycles. The summed E-state index contributed by atoms with van der Waals surface area (Å²) in [5.74, 6) is -1.14. The Morgan fingerprint density at radius 2 is 0.886 bits per heavy atom. The lowest BCUT2D eigenvalue weighted by Crippen LogP contribution is -2.31. The minimum atomic E-state index is -0.923. The van der Waals surface area contributed by atoms with E-state index in [4.69, 9.17) is 9.47 Å². The number of rotatable bonds is 19. The van der Waals surface area contributed by atoms with Gasteiger partial charge in [0.1, 0.15) is 11.5 Å². The zero-order chi connectivity index (χ0) is 25.0. The maximum Gasteiger partial charge on any atom is 0.325 e. The van der Waals surface area contributed by atoms with Gasteiger partial charge in [0.15, 0.2) is 5.92 Å². The monoisotopic (exact) mass is 480 g/mol. The average Bonchev–Trinajstić information content (AvgIpc) is 2.87. The van der Waals surface area contributed by atoms with E-state index in [9.17, 15) is 9.59 Å². The van der Waals surface area contributed by atoms with Crippen molar-refractivity contribution in [3.05, 3.63) is 60.7 Å². The van der Waals surface area contributed by atoms with Crippen molar-refractivity contribution in [2.45, 2.75) is 103 Å². The van der Waals surface area contributed by atoms with E-state index in [0.717, 1.165) is 19.3 Å². The van der Waals surface area contributed by atoms with Crippen LogP contribution in [-0.2, 0) is 9.59 Å². The summed E-state index contributed by atoms with van der Waals surface area (Å²) in [5.41, 5.74) is 0. The van der Waals surface area contributed by atoms with Gasteiger partial charge in [-0.15, -0.1) is 0 Å². The third kappa shape index (κ3) is 13.2. The van der Waals surface area contributed by atoms with E-state index >= 15 is 0 Å². The second kappa shape index (κ2) is 18.7. The van der Waals surface area contributed by atoms with Crippen molar-refractivity contribution in [3.63, 3.8) is 0 Å². The molecule has 0 aliphatic rings. The first-order valence-corrected chi connectivity index (χ1v) is 13.7. The number of esters is 2. The first-order valence-electron chi connectivity index (χ1n) is 13.7. The molecule has 0 aliphatic carbocycles. The predicted octanol–water partition coefficient (Wildman–Crippen LogP) is 8.69. The first kappa shape index (κ1) is 28.6. The highest BCUT2D eigenvalue weighted by Crippen LogP contribution is 2.20. The summed E-state index contributed by atoms with van der Waals surface area (Å²) in [5, 5.41) is 0. The molecule has 35 heavy (non-hydrogen) atoms. The number of carbonyl (C=O) groups excluding carboxylic acids is 2. The average molecular weight is 481 g/mol. The fourth-order valence-corrected chi connectivity index (χ4v) is 4.23. The number of hydrogen-bond acceptors (Lipinski definition) is 4. The Balaban J connectivity index is 1.65. The van der Waals surface area contributed by atoms with E-state index in [-0.39, 0.29) is 0 Å². The van der Waals surface area contributed by atoms with Gasteiger partial charge in [-0.1, -0.05) is 133 Å². The van der Waals surface area contributed by atoms with Gasteiger partial charge in [-0.3, -0.25) is 9.59 Å². The van der Waals surface area contributed by atoms with Crippen LogP contribution in [0.4, 0.5) is 0 Å². The molecule has 0 unspecified atom stereocenters. The van der Waals surface area contributed by atoms with E-state index in [0.29, 0.717) is 17.9 Å². The number of ether oxygens (including phenoxy) is 2. The van der Waals surface area contributed by atoms with Crippen LogP contribution in [0.1, 0.15) is 103 Å². The van der Waals surface area contributed by atoms with Gasteiger partial charge >= 0.3 is 11.9 Å². The van der Waals surface area contributed by atoms with Crippen LogP contribution >= 0.6 is 0 Å². The molecular weight excluding hydrogens is 436 g/mol. The number of hydrogen-bond donors (Lipinski definition) is 0. The zero-order valence-corrected chi connectivity index (χ0v) is 21.6. The number of benzene rings is 2. The lowest BCUT2D eigenvalue weighted by molar-refractivity contribution is -0.151. The van der Waals surface area contributed by atoms with Crippen molar-refractivity contribution >= 4 is 11.9 Å². The standard InChI is InChI=1S/C31H44O4/c1-2-3-4-5-6-7-8-9-10-11-12-13-14-21-26-29(30(32)34-27-22-17-15-18-23-27)31(33)35-28-24-19-16-20-25-28/h15-20,22-25,29H,2-14,21,26H2,1H3. The van der Waals surface area contributed by atoms with E-state index in [1.54, 1.807) is 48.5 Å². The van der Waals surface area contributed by atoms with Crippen LogP contribution in [0.2, 0.25) is 0 Å². The maximum absolute atomic E-state index is 12.8. The molecule has 0 N–H and O–H groups in total. The van der Waals surface area contributed by atoms with E-state index < -0.39 is 17.9 Å². The molecule has 0 bridgehead atoms. The molecule has 2 aromatic rings. The summed E-state index contributed by atoms with van der Waals surface area (Å²) in [6.45, 7) is 2.26. The normalized spacial score (nSPS) is 10.9. The quantitative estimate of drug-likeness (QED) is 0.0873. The van der Waals surface area contributed by atoms with Gasteiger partial charge in [0.2, 0.25) is 0 Å². The molecular formula is C31H44O4. The van der Waals surface area contributed by atoms with Gasteiger partial charge in [0.25, 0.3) is 0 Å². The highest BCUT2D eigenvalue weighted by molar-refractivity contribution is 5.96. The maximum atomic E-state index is 12.8. The van der Waals surface area contributed by atoms with E-state index in [2.05, 4.69) is 6.92 Å². The molecule has 192 valence electrons. The van der Waals surface area contributed by atoms with Gasteiger partial charge in [-0.05, 0) is 30.7 Å². The lowest BCUT2D eigenvalue weighted by atomic mass is 9.99. The minimum Gasteiger partial charge on any atom is -0.426 e. The Kier molecular flexibility index (Phi) is 15.3. The third-order valence-corrected chi connectivity index (χ3v) is 6.34. The SMILES string of the molecule is CCCCCCCCCCCCCCCCC(C(=O)Oc1ccccc1)C(=O)Oc1ccccc1. The fraction of sp³-hybridized carbons (Fsp3) is 0.548. The van der Waals surface area contributed by atoms with E-state index in [1.807, 2.05) is 12.1 Å². The number of unbranched alkanes of at least 4 members (excludes halogenated alkanes) is 13. The lowest BCUT2D eigenvalue weighted by Gasteiger charge is -2.15. The van der Waals surface area contributed by atoms with Crippen LogP contribution in [0.5, 0.6) is 11.5 Å². The summed E-state index contributed by atoms with van der Waals surface area (Å²) < 4.78 is 10.9. The molecule has 0 aliphatic heterocycles. The molecule has 0 spiro atoms. The molecule has 0 heterocycles. The minimum absolute atomic E-state index is 0.440. The molecule has 2 rings (SSSR count). The number of para-hydroxylation sites is 2. The molecule has 2 aromatic carbocycles. The van der Waals surface area contributed by atoms with Crippen LogP contribution in [0, 0.1) is 5.92 Å². The highest BCUT2D eigenvalue weighted by atomic mass is 16.6. The summed E-state index contributed by atoms with van der Waals surface area (Å²) in [7, 11) is 0. The van der Waals surface area contributed by atoms with Gasteiger partial charge < -0.3 is 9.47 Å². The number of carbonyl (C=O) groups is 2. The van der Waals surface area contributed by atoms with Crippen LogP contribution in [0.25, 0.3) is 0 Å². The van der Waals surface area contributed by atoms with Crippen molar-refractivity contribution in [2.75, 3.05) is 0 Å².